The highest BCUT2D eigenvalue weighted by molar-refractivity contribution is 5.87. The van der Waals surface area contributed by atoms with Gasteiger partial charge in [-0.05, 0) is 24.5 Å². The summed E-state index contributed by atoms with van der Waals surface area (Å²) in [5, 5.41) is 0. The van der Waals surface area contributed by atoms with Crippen LogP contribution in [-0.2, 0) is 4.74 Å². The summed E-state index contributed by atoms with van der Waals surface area (Å²) >= 11 is 0. The van der Waals surface area contributed by atoms with E-state index in [2.05, 4.69) is 4.98 Å². The molecule has 86 valence electrons. The van der Waals surface area contributed by atoms with Gasteiger partial charge < -0.3 is 10.5 Å². The fourth-order valence-corrected chi connectivity index (χ4v) is 1.74. The van der Waals surface area contributed by atoms with Gasteiger partial charge in [0.1, 0.15) is 5.82 Å². The number of hydrogen-bond donors (Lipinski definition) is 1. The number of aromatic nitrogens is 1. The molecular weight excluding hydrogens is 204 g/mol. The predicted molar refractivity (Wildman–Crippen MR) is 60.9 cm³/mol. The van der Waals surface area contributed by atoms with Crippen LogP contribution in [0.2, 0.25) is 0 Å². The Morgan fingerprint density at radius 2 is 2.31 bits per heavy atom. The summed E-state index contributed by atoms with van der Waals surface area (Å²) in [6, 6.07) is 4.96. The Morgan fingerprint density at radius 1 is 1.50 bits per heavy atom. The minimum atomic E-state index is -0.383. The first-order valence-electron chi connectivity index (χ1n) is 5.65. The average molecular weight is 220 g/mol. The summed E-state index contributed by atoms with van der Waals surface area (Å²) in [6.07, 6.45) is 4.83. The number of ether oxygens (including phenoxy) is 1. The summed E-state index contributed by atoms with van der Waals surface area (Å²) in [5.74, 6) is 0.710. The molecule has 0 bridgehead atoms. The first-order chi connectivity index (χ1) is 7.75. The van der Waals surface area contributed by atoms with E-state index >= 15 is 0 Å². The van der Waals surface area contributed by atoms with Gasteiger partial charge in [-0.1, -0.05) is 25.3 Å². The molecule has 1 fully saturated rings. The van der Waals surface area contributed by atoms with Crippen molar-refractivity contribution in [1.82, 2.24) is 4.98 Å². The maximum atomic E-state index is 11.5. The standard InChI is InChI=1S/C12H16N2O2/c13-11-6-2-5-10(14-11)12(15)16-8-7-9-3-1-4-9/h2,5-6,9H,1,3-4,7-8H2,(H2,13,14). The van der Waals surface area contributed by atoms with Gasteiger partial charge in [-0.15, -0.1) is 0 Å². The van der Waals surface area contributed by atoms with Crippen molar-refractivity contribution in [3.63, 3.8) is 0 Å². The van der Waals surface area contributed by atoms with Crippen LogP contribution in [-0.4, -0.2) is 17.6 Å². The maximum absolute atomic E-state index is 11.5. The van der Waals surface area contributed by atoms with E-state index in [0.29, 0.717) is 12.4 Å². The zero-order valence-corrected chi connectivity index (χ0v) is 9.19. The van der Waals surface area contributed by atoms with Crippen LogP contribution in [0.1, 0.15) is 36.2 Å². The van der Waals surface area contributed by atoms with Crippen LogP contribution < -0.4 is 5.73 Å². The van der Waals surface area contributed by atoms with Crippen molar-refractivity contribution in [3.8, 4) is 0 Å². The number of nitrogen functional groups attached to an aromatic ring is 1. The fourth-order valence-electron chi connectivity index (χ4n) is 1.74. The Bertz CT molecular complexity index is 375. The van der Waals surface area contributed by atoms with E-state index in [0.717, 1.165) is 12.3 Å². The van der Waals surface area contributed by atoms with E-state index < -0.39 is 0 Å². The number of pyridine rings is 1. The predicted octanol–water partition coefficient (Wildman–Crippen LogP) is 2.01. The highest BCUT2D eigenvalue weighted by Gasteiger charge is 2.18. The van der Waals surface area contributed by atoms with Gasteiger partial charge >= 0.3 is 5.97 Å². The van der Waals surface area contributed by atoms with E-state index in [1.807, 2.05) is 0 Å². The molecule has 4 nitrogen and oxygen atoms in total. The van der Waals surface area contributed by atoms with Crippen LogP contribution in [0.5, 0.6) is 0 Å². The molecule has 0 radical (unpaired) electrons. The van der Waals surface area contributed by atoms with Crippen LogP contribution in [0.4, 0.5) is 5.82 Å². The van der Waals surface area contributed by atoms with Gasteiger partial charge in [0.15, 0.2) is 5.69 Å². The average Bonchev–Trinajstić information content (AvgIpc) is 2.21. The number of nitrogens with zero attached hydrogens (tertiary/aromatic N) is 1. The van der Waals surface area contributed by atoms with Gasteiger partial charge in [-0.2, -0.15) is 0 Å². The van der Waals surface area contributed by atoms with Crippen LogP contribution in [0.25, 0.3) is 0 Å². The van der Waals surface area contributed by atoms with Gasteiger partial charge in [-0.25, -0.2) is 9.78 Å². The third-order valence-electron chi connectivity index (χ3n) is 2.96. The van der Waals surface area contributed by atoms with Gasteiger partial charge in [0.2, 0.25) is 0 Å². The molecule has 4 heteroatoms. The van der Waals surface area contributed by atoms with E-state index in [4.69, 9.17) is 10.5 Å². The Labute approximate surface area is 94.8 Å². The second-order valence-corrected chi connectivity index (χ2v) is 4.17. The summed E-state index contributed by atoms with van der Waals surface area (Å²) in [6.45, 7) is 0.486. The van der Waals surface area contributed by atoms with Crippen LogP contribution in [0.15, 0.2) is 18.2 Å². The van der Waals surface area contributed by atoms with Crippen LogP contribution in [0, 0.1) is 5.92 Å². The van der Waals surface area contributed by atoms with Crippen molar-refractivity contribution >= 4 is 11.8 Å². The number of nitrogens with two attached hydrogens (primary N) is 1. The van der Waals surface area contributed by atoms with Gasteiger partial charge in [0.25, 0.3) is 0 Å². The molecule has 0 spiro atoms. The minimum absolute atomic E-state index is 0.286. The number of hydrogen-bond acceptors (Lipinski definition) is 4. The topological polar surface area (TPSA) is 65.2 Å². The monoisotopic (exact) mass is 220 g/mol. The van der Waals surface area contributed by atoms with E-state index in [1.54, 1.807) is 18.2 Å². The summed E-state index contributed by atoms with van der Waals surface area (Å²) < 4.78 is 5.13. The molecule has 1 saturated carbocycles. The summed E-state index contributed by atoms with van der Waals surface area (Å²) in [4.78, 5) is 15.5. The SMILES string of the molecule is Nc1cccc(C(=O)OCCC2CCC2)n1. The molecule has 16 heavy (non-hydrogen) atoms. The number of carbonyl (C=O) groups is 1. The van der Waals surface area contributed by atoms with Gasteiger partial charge in [-0.3, -0.25) is 0 Å². The lowest BCUT2D eigenvalue weighted by atomic mass is 9.83. The van der Waals surface area contributed by atoms with Crippen molar-refractivity contribution in [1.29, 1.82) is 0 Å². The quantitative estimate of drug-likeness (QED) is 0.788. The summed E-state index contributed by atoms with van der Waals surface area (Å²) in [7, 11) is 0. The molecule has 0 aromatic carbocycles. The van der Waals surface area contributed by atoms with Crippen LogP contribution in [0.3, 0.4) is 0 Å². The highest BCUT2D eigenvalue weighted by Crippen LogP contribution is 2.29. The molecular formula is C12H16N2O2. The zero-order valence-electron chi connectivity index (χ0n) is 9.19. The van der Waals surface area contributed by atoms with Crippen molar-refractivity contribution in [2.75, 3.05) is 12.3 Å². The molecule has 1 aromatic heterocycles. The molecule has 0 atom stereocenters. The largest absolute Gasteiger partial charge is 0.461 e. The lowest BCUT2D eigenvalue weighted by Gasteiger charge is -2.24. The normalized spacial score (nSPS) is 15.5. The Hall–Kier alpha value is -1.58. The fraction of sp³-hybridized carbons (Fsp3) is 0.500. The molecule has 0 amide bonds. The Morgan fingerprint density at radius 3 is 2.94 bits per heavy atom. The lowest BCUT2D eigenvalue weighted by molar-refractivity contribution is 0.0457. The van der Waals surface area contributed by atoms with Crippen molar-refractivity contribution in [2.24, 2.45) is 5.92 Å². The zero-order chi connectivity index (χ0) is 11.4. The molecule has 1 aromatic rings. The molecule has 2 N–H and O–H groups in total. The van der Waals surface area contributed by atoms with E-state index in [-0.39, 0.29) is 11.7 Å². The summed E-state index contributed by atoms with van der Waals surface area (Å²) in [5.41, 5.74) is 5.77. The van der Waals surface area contributed by atoms with Crippen molar-refractivity contribution in [2.45, 2.75) is 25.7 Å². The number of esters is 1. The third-order valence-corrected chi connectivity index (χ3v) is 2.96. The smallest absolute Gasteiger partial charge is 0.357 e. The Kier molecular flexibility index (Phi) is 3.39. The Balaban J connectivity index is 1.78. The maximum Gasteiger partial charge on any atom is 0.357 e. The second-order valence-electron chi connectivity index (χ2n) is 4.17. The first kappa shape index (κ1) is 10.9. The third kappa shape index (κ3) is 2.72. The molecule has 0 unspecified atom stereocenters. The van der Waals surface area contributed by atoms with Gasteiger partial charge in [0, 0.05) is 0 Å². The van der Waals surface area contributed by atoms with E-state index in [1.165, 1.54) is 19.3 Å². The molecule has 1 heterocycles. The minimum Gasteiger partial charge on any atom is -0.461 e. The number of anilines is 1. The molecule has 1 aliphatic carbocycles. The van der Waals surface area contributed by atoms with Crippen molar-refractivity contribution < 1.29 is 9.53 Å². The molecule has 0 aliphatic heterocycles. The lowest BCUT2D eigenvalue weighted by Crippen LogP contribution is -2.16. The number of rotatable bonds is 4. The van der Waals surface area contributed by atoms with Crippen molar-refractivity contribution in [3.05, 3.63) is 23.9 Å². The van der Waals surface area contributed by atoms with Crippen LogP contribution >= 0.6 is 0 Å². The van der Waals surface area contributed by atoms with Gasteiger partial charge in [0.05, 0.1) is 6.61 Å². The first-order valence-corrected chi connectivity index (χ1v) is 5.65. The molecule has 1 aliphatic rings. The van der Waals surface area contributed by atoms with E-state index in [9.17, 15) is 4.79 Å². The molecule has 0 saturated heterocycles. The highest BCUT2D eigenvalue weighted by atomic mass is 16.5. The molecule has 2 rings (SSSR count). The second kappa shape index (κ2) is 4.96. The number of carbonyl (C=O) groups excluding carboxylic acids is 1.